The van der Waals surface area contributed by atoms with Crippen molar-refractivity contribution >= 4 is 17.4 Å². The quantitative estimate of drug-likeness (QED) is 0.650. The molecular weight excluding hydrogens is 374 g/mol. The van der Waals surface area contributed by atoms with E-state index >= 15 is 0 Å². The lowest BCUT2D eigenvalue weighted by Gasteiger charge is -2.20. The summed E-state index contributed by atoms with van der Waals surface area (Å²) in [4.78, 5) is 4.41. The lowest BCUT2D eigenvalue weighted by Crippen LogP contribution is -2.27. The van der Waals surface area contributed by atoms with Gasteiger partial charge in [-0.05, 0) is 55.0 Å². The van der Waals surface area contributed by atoms with Crippen molar-refractivity contribution in [2.45, 2.75) is 12.5 Å². The van der Waals surface area contributed by atoms with Gasteiger partial charge in [-0.25, -0.2) is 4.98 Å². The predicted molar refractivity (Wildman–Crippen MR) is 111 cm³/mol. The molecule has 0 saturated carbocycles. The first-order chi connectivity index (χ1) is 13.7. The molecule has 1 aromatic heterocycles. The van der Waals surface area contributed by atoms with Crippen molar-refractivity contribution in [3.05, 3.63) is 77.4 Å². The van der Waals surface area contributed by atoms with Crippen LogP contribution in [0.5, 0.6) is 17.2 Å². The number of halogens is 1. The Morgan fingerprint density at radius 3 is 2.57 bits per heavy atom. The summed E-state index contributed by atoms with van der Waals surface area (Å²) in [6.45, 7) is 1.69. The maximum Gasteiger partial charge on any atom is 0.131 e. The van der Waals surface area contributed by atoms with E-state index in [0.29, 0.717) is 16.8 Å². The zero-order valence-corrected chi connectivity index (χ0v) is 16.1. The number of hydrogen-bond acceptors (Lipinski definition) is 5. The van der Waals surface area contributed by atoms with Gasteiger partial charge in [0.15, 0.2) is 0 Å². The highest BCUT2D eigenvalue weighted by Gasteiger charge is 2.29. The van der Waals surface area contributed by atoms with Crippen LogP contribution in [0.2, 0.25) is 5.02 Å². The average molecular weight is 396 g/mol. The fourth-order valence-electron chi connectivity index (χ4n) is 3.36. The molecule has 1 fully saturated rings. The molecule has 1 aliphatic rings. The van der Waals surface area contributed by atoms with Gasteiger partial charge >= 0.3 is 0 Å². The van der Waals surface area contributed by atoms with Crippen LogP contribution in [0.15, 0.2) is 66.7 Å². The number of pyridine rings is 1. The van der Waals surface area contributed by atoms with Crippen LogP contribution in [0.4, 0.5) is 5.82 Å². The molecular formula is C22H22ClN3O2. The van der Waals surface area contributed by atoms with E-state index in [1.807, 2.05) is 48.5 Å². The van der Waals surface area contributed by atoms with Crippen LogP contribution < -0.4 is 20.5 Å². The first-order valence-corrected chi connectivity index (χ1v) is 9.66. The van der Waals surface area contributed by atoms with Crippen molar-refractivity contribution in [1.29, 1.82) is 0 Å². The van der Waals surface area contributed by atoms with E-state index in [1.165, 1.54) is 0 Å². The van der Waals surface area contributed by atoms with E-state index in [1.54, 1.807) is 18.2 Å². The number of aromatic nitrogens is 1. The number of nitrogen functional groups attached to an aromatic ring is 1. The summed E-state index contributed by atoms with van der Waals surface area (Å²) in [5.41, 5.74) is 6.79. The summed E-state index contributed by atoms with van der Waals surface area (Å²) in [6.07, 6.45) is 0.887. The Hall–Kier alpha value is -2.76. The summed E-state index contributed by atoms with van der Waals surface area (Å²) in [7, 11) is 0. The van der Waals surface area contributed by atoms with Gasteiger partial charge in [-0.3, -0.25) is 0 Å². The van der Waals surface area contributed by atoms with Crippen molar-refractivity contribution in [2.24, 2.45) is 5.92 Å². The molecule has 4 rings (SSSR count). The Bertz CT molecular complexity index is 933. The maximum absolute atomic E-state index is 6.27. The maximum atomic E-state index is 6.27. The second kappa shape index (κ2) is 8.50. The van der Waals surface area contributed by atoms with Crippen LogP contribution in [-0.4, -0.2) is 24.2 Å². The normalized spacial score (nSPS) is 18.8. The number of nitrogens with one attached hydrogen (secondary N) is 1. The smallest absolute Gasteiger partial charge is 0.131 e. The van der Waals surface area contributed by atoms with E-state index in [4.69, 9.17) is 26.8 Å². The van der Waals surface area contributed by atoms with Crippen LogP contribution in [-0.2, 0) is 6.42 Å². The number of rotatable bonds is 6. The molecule has 6 heteroatoms. The van der Waals surface area contributed by atoms with Crippen LogP contribution in [0.3, 0.4) is 0 Å². The molecule has 0 radical (unpaired) electrons. The van der Waals surface area contributed by atoms with Crippen LogP contribution >= 0.6 is 11.6 Å². The minimum atomic E-state index is 0.0639. The molecule has 2 heterocycles. The van der Waals surface area contributed by atoms with Crippen molar-refractivity contribution in [2.75, 3.05) is 18.8 Å². The van der Waals surface area contributed by atoms with E-state index in [2.05, 4.69) is 10.3 Å². The average Bonchev–Trinajstić information content (AvgIpc) is 3.11. The number of anilines is 1. The molecule has 3 N–H and O–H groups in total. The fourth-order valence-corrected chi connectivity index (χ4v) is 3.48. The first-order valence-electron chi connectivity index (χ1n) is 9.28. The zero-order valence-electron chi connectivity index (χ0n) is 15.3. The van der Waals surface area contributed by atoms with Gasteiger partial charge in [0.2, 0.25) is 0 Å². The van der Waals surface area contributed by atoms with E-state index in [-0.39, 0.29) is 6.10 Å². The van der Waals surface area contributed by atoms with Gasteiger partial charge in [0, 0.05) is 35.8 Å². The Morgan fingerprint density at radius 2 is 1.75 bits per heavy atom. The van der Waals surface area contributed by atoms with Crippen LogP contribution in [0, 0.1) is 5.92 Å². The third-order valence-corrected chi connectivity index (χ3v) is 4.97. The van der Waals surface area contributed by atoms with Gasteiger partial charge in [0.25, 0.3) is 0 Å². The molecule has 0 spiro atoms. The van der Waals surface area contributed by atoms with Gasteiger partial charge in [-0.15, -0.1) is 0 Å². The summed E-state index contributed by atoms with van der Waals surface area (Å²) in [5, 5.41) is 4.09. The Balaban J connectivity index is 1.42. The van der Waals surface area contributed by atoms with Gasteiger partial charge in [0.1, 0.15) is 29.2 Å². The molecule has 2 aromatic carbocycles. The number of nitrogens with zero attached hydrogens (tertiary/aromatic N) is 1. The molecule has 5 nitrogen and oxygen atoms in total. The number of ether oxygens (including phenoxy) is 2. The lowest BCUT2D eigenvalue weighted by molar-refractivity contribution is 0.172. The molecule has 2 atom stereocenters. The number of hydrogen-bond donors (Lipinski definition) is 2. The van der Waals surface area contributed by atoms with Gasteiger partial charge in [0.05, 0.1) is 0 Å². The van der Waals surface area contributed by atoms with E-state index in [9.17, 15) is 0 Å². The molecule has 3 aromatic rings. The number of nitrogens with two attached hydrogens (primary N) is 1. The molecule has 0 bridgehead atoms. The molecule has 0 aliphatic carbocycles. The summed E-state index contributed by atoms with van der Waals surface area (Å²) in [6, 6.07) is 20.7. The predicted octanol–water partition coefficient (Wildman–Crippen LogP) is 4.32. The van der Waals surface area contributed by atoms with Crippen molar-refractivity contribution in [3.63, 3.8) is 0 Å². The van der Waals surface area contributed by atoms with Crippen molar-refractivity contribution < 1.29 is 9.47 Å². The Kier molecular flexibility index (Phi) is 5.65. The molecule has 1 saturated heterocycles. The Labute approximate surface area is 169 Å². The Morgan fingerprint density at radius 1 is 0.964 bits per heavy atom. The van der Waals surface area contributed by atoms with Gasteiger partial charge < -0.3 is 20.5 Å². The third kappa shape index (κ3) is 4.74. The van der Waals surface area contributed by atoms with Crippen LogP contribution in [0.25, 0.3) is 0 Å². The number of benzene rings is 2. The van der Waals surface area contributed by atoms with Crippen LogP contribution in [0.1, 0.15) is 5.69 Å². The third-order valence-electron chi connectivity index (χ3n) is 4.72. The van der Waals surface area contributed by atoms with Crippen molar-refractivity contribution in [1.82, 2.24) is 10.3 Å². The summed E-state index contributed by atoms with van der Waals surface area (Å²) < 4.78 is 12.2. The lowest BCUT2D eigenvalue weighted by atomic mass is 9.99. The van der Waals surface area contributed by atoms with Gasteiger partial charge in [-0.2, -0.15) is 0 Å². The minimum absolute atomic E-state index is 0.0639. The zero-order chi connectivity index (χ0) is 19.3. The second-order valence-electron chi connectivity index (χ2n) is 6.86. The molecule has 144 valence electrons. The van der Waals surface area contributed by atoms with E-state index < -0.39 is 0 Å². The van der Waals surface area contributed by atoms with E-state index in [0.717, 1.165) is 42.5 Å². The first kappa shape index (κ1) is 18.6. The minimum Gasteiger partial charge on any atom is -0.489 e. The highest BCUT2D eigenvalue weighted by atomic mass is 35.5. The molecule has 1 aliphatic heterocycles. The standard InChI is InChI=1S/C22H22ClN3O2/c23-16-7-9-18(10-8-16)27-19-4-2-5-20(12-19)28-21-14-25-13-15(21)11-17-3-1-6-22(24)26-17/h1-10,12,15,21,25H,11,13-14H2,(H2,24,26)/t15-,21+/m1/s1. The highest BCUT2D eigenvalue weighted by molar-refractivity contribution is 6.30. The molecule has 28 heavy (non-hydrogen) atoms. The summed E-state index contributed by atoms with van der Waals surface area (Å²) >= 11 is 5.92. The SMILES string of the molecule is Nc1cccc(C[C@@H]2CNC[C@@H]2Oc2cccc(Oc3ccc(Cl)cc3)c2)n1. The fraction of sp³-hybridized carbons (Fsp3) is 0.227. The van der Waals surface area contributed by atoms with Crippen molar-refractivity contribution in [3.8, 4) is 17.2 Å². The monoisotopic (exact) mass is 395 g/mol. The second-order valence-corrected chi connectivity index (χ2v) is 7.30. The highest BCUT2D eigenvalue weighted by Crippen LogP contribution is 2.28. The van der Waals surface area contributed by atoms with Gasteiger partial charge in [-0.1, -0.05) is 23.7 Å². The topological polar surface area (TPSA) is 69.4 Å². The summed E-state index contributed by atoms with van der Waals surface area (Å²) in [5.74, 6) is 3.11. The largest absolute Gasteiger partial charge is 0.489 e. The molecule has 0 amide bonds. The molecule has 0 unspecified atom stereocenters.